The van der Waals surface area contributed by atoms with E-state index in [1.807, 2.05) is 36.4 Å². The van der Waals surface area contributed by atoms with Crippen LogP contribution in [-0.4, -0.2) is 22.8 Å². The van der Waals surface area contributed by atoms with Crippen LogP contribution in [0.1, 0.15) is 45.8 Å². The van der Waals surface area contributed by atoms with Crippen molar-refractivity contribution in [2.24, 2.45) is 7.05 Å². The number of carbonyl (C=O) groups is 2. The van der Waals surface area contributed by atoms with E-state index in [0.717, 1.165) is 11.1 Å². The fourth-order valence-corrected chi connectivity index (χ4v) is 3.31. The molecule has 4 heteroatoms. The van der Waals surface area contributed by atoms with E-state index in [9.17, 15) is 9.59 Å². The first-order chi connectivity index (χ1) is 12.9. The highest BCUT2D eigenvalue weighted by Gasteiger charge is 2.29. The van der Waals surface area contributed by atoms with Crippen molar-refractivity contribution in [3.05, 3.63) is 95.3 Å². The molecule has 0 unspecified atom stereocenters. The number of hydrogen-bond donors (Lipinski definition) is 1. The topological polar surface area (TPSA) is 51.1 Å². The molecule has 0 saturated heterocycles. The van der Waals surface area contributed by atoms with Crippen LogP contribution in [0.15, 0.2) is 72.9 Å². The number of carbonyl (C=O) groups excluding carboxylic acids is 2. The Hall–Kier alpha value is -3.14. The molecule has 0 spiro atoms. The Bertz CT molecular complexity index is 904. The Morgan fingerprint density at radius 3 is 1.93 bits per heavy atom. The summed E-state index contributed by atoms with van der Waals surface area (Å²) in [5.41, 5.74) is 2.91. The number of aromatic nitrogens is 1. The molecule has 0 aliphatic carbocycles. The number of ketones is 1. The highest BCUT2D eigenvalue weighted by molar-refractivity contribution is 5.99. The lowest BCUT2D eigenvalue weighted by atomic mass is 9.76. The van der Waals surface area contributed by atoms with Crippen molar-refractivity contribution in [3.63, 3.8) is 0 Å². The zero-order valence-corrected chi connectivity index (χ0v) is 15.9. The van der Waals surface area contributed by atoms with Gasteiger partial charge in [0.25, 0.3) is 5.91 Å². The van der Waals surface area contributed by atoms with Crippen molar-refractivity contribution >= 4 is 11.7 Å². The summed E-state index contributed by atoms with van der Waals surface area (Å²) >= 11 is 0. The first-order valence-corrected chi connectivity index (χ1v) is 8.98. The first-order valence-electron chi connectivity index (χ1n) is 8.98. The molecule has 1 amide bonds. The zero-order valence-electron chi connectivity index (χ0n) is 15.9. The predicted octanol–water partition coefficient (Wildman–Crippen LogP) is 3.96. The van der Waals surface area contributed by atoms with Gasteiger partial charge in [-0.2, -0.15) is 0 Å². The monoisotopic (exact) mass is 360 g/mol. The minimum atomic E-state index is -0.368. The Morgan fingerprint density at radius 2 is 1.48 bits per heavy atom. The van der Waals surface area contributed by atoms with Gasteiger partial charge in [0.1, 0.15) is 5.69 Å². The molecule has 0 aliphatic rings. The molecular formula is C23H24N2O2. The molecule has 1 heterocycles. The highest BCUT2D eigenvalue weighted by atomic mass is 16.2. The van der Waals surface area contributed by atoms with Gasteiger partial charge in [0.15, 0.2) is 5.78 Å². The van der Waals surface area contributed by atoms with Crippen LogP contribution in [0.2, 0.25) is 0 Å². The van der Waals surface area contributed by atoms with Gasteiger partial charge in [0.05, 0.1) is 0 Å². The van der Waals surface area contributed by atoms with Gasteiger partial charge in [-0.25, -0.2) is 0 Å². The van der Waals surface area contributed by atoms with Crippen LogP contribution < -0.4 is 5.32 Å². The lowest BCUT2D eigenvalue weighted by Crippen LogP contribution is -2.40. The number of aryl methyl sites for hydroxylation is 1. The van der Waals surface area contributed by atoms with Crippen LogP contribution in [-0.2, 0) is 12.5 Å². The fraction of sp³-hybridized carbons (Fsp3) is 0.217. The predicted molar refractivity (Wildman–Crippen MR) is 107 cm³/mol. The fourth-order valence-electron chi connectivity index (χ4n) is 3.31. The molecule has 4 nitrogen and oxygen atoms in total. The normalized spacial score (nSPS) is 11.2. The lowest BCUT2D eigenvalue weighted by molar-refractivity contribution is 0.0939. The van der Waals surface area contributed by atoms with Crippen LogP contribution in [0.3, 0.4) is 0 Å². The second-order valence-electron chi connectivity index (χ2n) is 7.03. The summed E-state index contributed by atoms with van der Waals surface area (Å²) in [6, 6.07) is 22.0. The van der Waals surface area contributed by atoms with Crippen molar-refractivity contribution in [1.29, 1.82) is 0 Å². The van der Waals surface area contributed by atoms with E-state index in [1.165, 1.54) is 6.92 Å². The molecule has 27 heavy (non-hydrogen) atoms. The van der Waals surface area contributed by atoms with E-state index in [-0.39, 0.29) is 17.1 Å². The Balaban J connectivity index is 1.88. The maximum atomic E-state index is 12.8. The minimum Gasteiger partial charge on any atom is -0.350 e. The number of benzene rings is 2. The highest BCUT2D eigenvalue weighted by Crippen LogP contribution is 2.31. The van der Waals surface area contributed by atoms with Gasteiger partial charge in [0.2, 0.25) is 0 Å². The number of rotatable bonds is 6. The molecular weight excluding hydrogens is 336 g/mol. The van der Waals surface area contributed by atoms with Crippen molar-refractivity contribution in [3.8, 4) is 0 Å². The standard InChI is InChI=1S/C23H24N2O2/c1-17(26)18-14-21(25(3)15-18)22(27)24-16-23(2,19-10-6-4-7-11-19)20-12-8-5-9-13-20/h4-15H,16H2,1-3H3,(H,24,27). The molecule has 0 bridgehead atoms. The lowest BCUT2D eigenvalue weighted by Gasteiger charge is -2.31. The largest absolute Gasteiger partial charge is 0.350 e. The summed E-state index contributed by atoms with van der Waals surface area (Å²) < 4.78 is 1.69. The zero-order chi connectivity index (χ0) is 19.4. The van der Waals surface area contributed by atoms with E-state index < -0.39 is 0 Å². The number of nitrogens with zero attached hydrogens (tertiary/aromatic N) is 1. The Kier molecular flexibility index (Phi) is 5.26. The Morgan fingerprint density at radius 1 is 0.963 bits per heavy atom. The van der Waals surface area contributed by atoms with E-state index >= 15 is 0 Å². The molecule has 0 radical (unpaired) electrons. The van der Waals surface area contributed by atoms with Gasteiger partial charge in [-0.15, -0.1) is 0 Å². The summed E-state index contributed by atoms with van der Waals surface area (Å²) in [7, 11) is 1.77. The van der Waals surface area contributed by atoms with Crippen molar-refractivity contribution in [1.82, 2.24) is 9.88 Å². The average molecular weight is 360 g/mol. The van der Waals surface area contributed by atoms with E-state index in [2.05, 4.69) is 36.5 Å². The molecule has 1 aromatic heterocycles. The minimum absolute atomic E-state index is 0.0527. The van der Waals surface area contributed by atoms with Crippen LogP contribution in [0.25, 0.3) is 0 Å². The summed E-state index contributed by atoms with van der Waals surface area (Å²) in [5.74, 6) is -0.244. The quantitative estimate of drug-likeness (QED) is 0.677. The molecule has 3 aromatic rings. The SMILES string of the molecule is CC(=O)c1cc(C(=O)NCC(C)(c2ccccc2)c2ccccc2)n(C)c1. The van der Waals surface area contributed by atoms with Gasteiger partial charge >= 0.3 is 0 Å². The summed E-state index contributed by atoms with van der Waals surface area (Å²) in [6.45, 7) is 4.07. The summed E-state index contributed by atoms with van der Waals surface area (Å²) in [5, 5.41) is 3.06. The molecule has 0 saturated carbocycles. The summed E-state index contributed by atoms with van der Waals surface area (Å²) in [6.07, 6.45) is 1.69. The molecule has 2 aromatic carbocycles. The maximum absolute atomic E-state index is 12.8. The third-order valence-corrected chi connectivity index (χ3v) is 5.07. The number of hydrogen-bond acceptors (Lipinski definition) is 2. The second-order valence-corrected chi connectivity index (χ2v) is 7.03. The van der Waals surface area contributed by atoms with Gasteiger partial charge in [-0.05, 0) is 31.0 Å². The third kappa shape index (κ3) is 3.85. The molecule has 0 aliphatic heterocycles. The van der Waals surface area contributed by atoms with Crippen LogP contribution in [0.4, 0.5) is 0 Å². The van der Waals surface area contributed by atoms with E-state index in [1.54, 1.807) is 23.9 Å². The average Bonchev–Trinajstić information content (AvgIpc) is 3.09. The third-order valence-electron chi connectivity index (χ3n) is 5.07. The first kappa shape index (κ1) is 18.6. The van der Waals surface area contributed by atoms with Crippen molar-refractivity contribution < 1.29 is 9.59 Å². The number of Topliss-reactive ketones (excluding diaryl/α,β-unsaturated/α-hetero) is 1. The summed E-state index contributed by atoms with van der Waals surface area (Å²) in [4.78, 5) is 24.3. The van der Waals surface area contributed by atoms with Gasteiger partial charge < -0.3 is 9.88 Å². The molecule has 3 rings (SSSR count). The molecule has 0 fully saturated rings. The smallest absolute Gasteiger partial charge is 0.267 e. The van der Waals surface area contributed by atoms with Crippen molar-refractivity contribution in [2.45, 2.75) is 19.3 Å². The van der Waals surface area contributed by atoms with E-state index in [4.69, 9.17) is 0 Å². The van der Waals surface area contributed by atoms with Crippen LogP contribution in [0, 0.1) is 0 Å². The second kappa shape index (κ2) is 7.62. The molecule has 1 N–H and O–H groups in total. The van der Waals surface area contributed by atoms with Crippen LogP contribution in [0.5, 0.6) is 0 Å². The maximum Gasteiger partial charge on any atom is 0.267 e. The van der Waals surface area contributed by atoms with Crippen molar-refractivity contribution in [2.75, 3.05) is 6.54 Å². The van der Waals surface area contributed by atoms with Gasteiger partial charge in [-0.1, -0.05) is 60.7 Å². The van der Waals surface area contributed by atoms with E-state index in [0.29, 0.717) is 17.8 Å². The number of nitrogens with one attached hydrogen (secondary N) is 1. The van der Waals surface area contributed by atoms with Gasteiger partial charge in [-0.3, -0.25) is 9.59 Å². The van der Waals surface area contributed by atoms with Crippen LogP contribution >= 0.6 is 0 Å². The van der Waals surface area contributed by atoms with Gasteiger partial charge in [0, 0.05) is 30.8 Å². The molecule has 138 valence electrons. The number of amides is 1. The Labute approximate surface area is 159 Å². The molecule has 0 atom stereocenters.